The molecule has 0 radical (unpaired) electrons. The van der Waals surface area contributed by atoms with Gasteiger partial charge in [0.15, 0.2) is 5.78 Å². The van der Waals surface area contributed by atoms with Crippen molar-refractivity contribution in [2.24, 2.45) is 0 Å². The summed E-state index contributed by atoms with van der Waals surface area (Å²) < 4.78 is 11.3. The van der Waals surface area contributed by atoms with Gasteiger partial charge in [0.1, 0.15) is 5.75 Å². The van der Waals surface area contributed by atoms with E-state index in [2.05, 4.69) is 12.2 Å². The van der Waals surface area contributed by atoms with Gasteiger partial charge in [-0.25, -0.2) is 4.79 Å². The maximum Gasteiger partial charge on any atom is 0.336 e. The van der Waals surface area contributed by atoms with Gasteiger partial charge >= 0.3 is 5.97 Å². The maximum atomic E-state index is 13.6. The molecule has 1 heterocycles. The molecule has 5 nitrogen and oxygen atoms in total. The third-order valence-corrected chi connectivity index (χ3v) is 6.76. The number of carbonyl (C=O) groups is 2. The highest BCUT2D eigenvalue weighted by molar-refractivity contribution is 6.30. The Balaban J connectivity index is 1.73. The second-order valence-electron chi connectivity index (χ2n) is 9.12. The smallest absolute Gasteiger partial charge is 0.336 e. The molecule has 0 fully saturated rings. The van der Waals surface area contributed by atoms with Crippen LogP contribution in [-0.2, 0) is 14.3 Å². The number of ketones is 1. The number of benzene rings is 2. The zero-order valence-electron chi connectivity index (χ0n) is 20.5. The van der Waals surface area contributed by atoms with Gasteiger partial charge in [0.2, 0.25) is 0 Å². The molecule has 0 unspecified atom stereocenters. The first kappa shape index (κ1) is 25.1. The summed E-state index contributed by atoms with van der Waals surface area (Å²) in [4.78, 5) is 26.8. The quantitative estimate of drug-likeness (QED) is 0.428. The number of dihydropyridines is 1. The minimum Gasteiger partial charge on any atom is -0.494 e. The number of ether oxygens (including phenoxy) is 2. The maximum absolute atomic E-state index is 13.6. The molecular formula is C29H32ClNO4. The first-order chi connectivity index (χ1) is 16.9. The summed E-state index contributed by atoms with van der Waals surface area (Å²) in [5, 5.41) is 4.07. The van der Waals surface area contributed by atoms with Crippen LogP contribution >= 0.6 is 11.6 Å². The highest BCUT2D eigenvalue weighted by atomic mass is 35.5. The van der Waals surface area contributed by atoms with Crippen molar-refractivity contribution in [3.05, 3.63) is 87.2 Å². The van der Waals surface area contributed by atoms with Crippen LogP contribution in [0.1, 0.15) is 69.4 Å². The van der Waals surface area contributed by atoms with Crippen molar-refractivity contribution in [3.63, 3.8) is 0 Å². The predicted molar refractivity (Wildman–Crippen MR) is 138 cm³/mol. The second kappa shape index (κ2) is 11.1. The van der Waals surface area contributed by atoms with Crippen molar-refractivity contribution in [3.8, 4) is 5.75 Å². The normalized spacial score (nSPS) is 19.8. The molecule has 1 aliphatic heterocycles. The summed E-state index contributed by atoms with van der Waals surface area (Å²) in [7, 11) is 0. The van der Waals surface area contributed by atoms with Gasteiger partial charge in [-0.2, -0.15) is 0 Å². The Kier molecular flexibility index (Phi) is 7.97. The van der Waals surface area contributed by atoms with Crippen molar-refractivity contribution in [2.45, 2.75) is 58.3 Å². The largest absolute Gasteiger partial charge is 0.494 e. The lowest BCUT2D eigenvalue weighted by Crippen LogP contribution is -2.36. The second-order valence-corrected chi connectivity index (χ2v) is 9.56. The van der Waals surface area contributed by atoms with Crippen LogP contribution in [0.3, 0.4) is 0 Å². The molecule has 0 spiro atoms. The van der Waals surface area contributed by atoms with E-state index in [0.29, 0.717) is 42.2 Å². The molecule has 1 aliphatic carbocycles. The van der Waals surface area contributed by atoms with E-state index in [1.807, 2.05) is 62.4 Å². The number of rotatable bonds is 8. The van der Waals surface area contributed by atoms with Crippen LogP contribution in [-0.4, -0.2) is 25.0 Å². The van der Waals surface area contributed by atoms with Crippen LogP contribution < -0.4 is 10.1 Å². The topological polar surface area (TPSA) is 64.6 Å². The van der Waals surface area contributed by atoms with Crippen LogP contribution in [0.15, 0.2) is 71.1 Å². The third-order valence-electron chi connectivity index (χ3n) is 6.51. The van der Waals surface area contributed by atoms with Gasteiger partial charge in [-0.3, -0.25) is 4.79 Å². The zero-order chi connectivity index (χ0) is 24.9. The predicted octanol–water partition coefficient (Wildman–Crippen LogP) is 6.44. The fourth-order valence-electron chi connectivity index (χ4n) is 4.86. The van der Waals surface area contributed by atoms with E-state index in [-0.39, 0.29) is 17.7 Å². The number of hydrogen-bond acceptors (Lipinski definition) is 5. The van der Waals surface area contributed by atoms with E-state index < -0.39 is 5.92 Å². The Hall–Kier alpha value is -3.05. The van der Waals surface area contributed by atoms with E-state index >= 15 is 0 Å². The van der Waals surface area contributed by atoms with E-state index in [1.165, 1.54) is 0 Å². The van der Waals surface area contributed by atoms with Gasteiger partial charge in [-0.05, 0) is 67.5 Å². The monoisotopic (exact) mass is 493 g/mol. The molecule has 184 valence electrons. The summed E-state index contributed by atoms with van der Waals surface area (Å²) in [5.41, 5.74) is 4.72. The summed E-state index contributed by atoms with van der Waals surface area (Å²) in [6.07, 6.45) is 2.72. The van der Waals surface area contributed by atoms with Crippen LogP contribution in [0.2, 0.25) is 5.02 Å². The van der Waals surface area contributed by atoms with Gasteiger partial charge < -0.3 is 14.8 Å². The first-order valence-electron chi connectivity index (χ1n) is 12.3. The molecular weight excluding hydrogens is 462 g/mol. The van der Waals surface area contributed by atoms with Crippen LogP contribution in [0.5, 0.6) is 5.75 Å². The number of esters is 1. The average Bonchev–Trinajstić information content (AvgIpc) is 2.85. The summed E-state index contributed by atoms with van der Waals surface area (Å²) in [6.45, 7) is 6.88. The number of nitrogens with one attached hydrogen (secondary N) is 1. The molecule has 2 aromatic rings. The van der Waals surface area contributed by atoms with Gasteiger partial charge in [0.05, 0.1) is 18.8 Å². The lowest BCUT2D eigenvalue weighted by molar-refractivity contribution is -0.139. The van der Waals surface area contributed by atoms with E-state index in [4.69, 9.17) is 21.1 Å². The van der Waals surface area contributed by atoms with Gasteiger partial charge in [-0.15, -0.1) is 0 Å². The van der Waals surface area contributed by atoms with Crippen LogP contribution in [0.4, 0.5) is 0 Å². The Morgan fingerprint density at radius 1 is 0.971 bits per heavy atom. The Labute approximate surface area is 212 Å². The Bertz CT molecular complexity index is 1150. The molecule has 2 atom stereocenters. The average molecular weight is 494 g/mol. The minimum atomic E-state index is -0.477. The Morgan fingerprint density at radius 3 is 2.29 bits per heavy atom. The highest BCUT2D eigenvalue weighted by Crippen LogP contribution is 2.46. The van der Waals surface area contributed by atoms with E-state index in [0.717, 1.165) is 41.1 Å². The number of allylic oxidation sites excluding steroid dienone is 3. The number of carbonyl (C=O) groups excluding carboxylic acids is 2. The minimum absolute atomic E-state index is 0.0447. The van der Waals surface area contributed by atoms with Crippen molar-refractivity contribution in [1.82, 2.24) is 5.32 Å². The van der Waals surface area contributed by atoms with Gasteiger partial charge in [0, 0.05) is 34.3 Å². The molecule has 0 saturated carbocycles. The van der Waals surface area contributed by atoms with Crippen LogP contribution in [0.25, 0.3) is 0 Å². The Morgan fingerprint density at radius 2 is 1.63 bits per heavy atom. The molecule has 0 amide bonds. The molecule has 0 bridgehead atoms. The molecule has 1 N–H and O–H groups in total. The fourth-order valence-corrected chi connectivity index (χ4v) is 4.99. The van der Waals surface area contributed by atoms with Crippen LogP contribution in [0, 0.1) is 0 Å². The SMILES string of the molecule is CCCOC(=O)C1=C(C)NC2=C(C(=O)C[C@@H](c3ccc(Cl)cc3)C2)[C@H]1c1ccc(OCCC)cc1. The lowest BCUT2D eigenvalue weighted by atomic mass is 9.71. The third kappa shape index (κ3) is 5.46. The molecule has 35 heavy (non-hydrogen) atoms. The van der Waals surface area contributed by atoms with E-state index in [9.17, 15) is 9.59 Å². The lowest BCUT2D eigenvalue weighted by Gasteiger charge is -2.36. The van der Waals surface area contributed by atoms with Crippen molar-refractivity contribution >= 4 is 23.4 Å². The first-order valence-corrected chi connectivity index (χ1v) is 12.7. The highest BCUT2D eigenvalue weighted by Gasteiger charge is 2.41. The molecule has 2 aromatic carbocycles. The van der Waals surface area contributed by atoms with E-state index in [1.54, 1.807) is 0 Å². The standard InChI is InChI=1S/C29H32ClNO4/c1-4-14-34-23-12-8-20(9-13-23)27-26(29(33)35-15-5-2)18(3)31-24-16-21(17-25(32)28(24)27)19-6-10-22(30)11-7-19/h6-13,21,27,31H,4-5,14-17H2,1-3H3/t21-,27-/m0/s1. The van der Waals surface area contributed by atoms with Crippen molar-refractivity contribution < 1.29 is 19.1 Å². The van der Waals surface area contributed by atoms with Gasteiger partial charge in [0.25, 0.3) is 0 Å². The summed E-state index contributed by atoms with van der Waals surface area (Å²) in [5.74, 6) is 0.00957. The summed E-state index contributed by atoms with van der Waals surface area (Å²) >= 11 is 6.07. The summed E-state index contributed by atoms with van der Waals surface area (Å²) in [6, 6.07) is 15.4. The van der Waals surface area contributed by atoms with Gasteiger partial charge in [-0.1, -0.05) is 49.7 Å². The number of halogens is 1. The number of Topliss-reactive ketones (excluding diaryl/α,β-unsaturated/α-hetero) is 1. The molecule has 0 saturated heterocycles. The number of hydrogen-bond donors (Lipinski definition) is 1. The molecule has 0 aromatic heterocycles. The van der Waals surface area contributed by atoms with Crippen molar-refractivity contribution in [2.75, 3.05) is 13.2 Å². The molecule has 2 aliphatic rings. The molecule has 4 rings (SSSR count). The zero-order valence-corrected chi connectivity index (χ0v) is 21.3. The molecule has 6 heteroatoms. The van der Waals surface area contributed by atoms with Crippen molar-refractivity contribution in [1.29, 1.82) is 0 Å². The fraction of sp³-hybridized carbons (Fsp3) is 0.379.